The maximum absolute atomic E-state index is 13.1. The van der Waals surface area contributed by atoms with Gasteiger partial charge in [-0.2, -0.15) is 22.0 Å². The Labute approximate surface area is 270 Å². The number of halogens is 5. The molecule has 0 saturated heterocycles. The lowest BCUT2D eigenvalue weighted by atomic mass is 9.66. The number of allylic oxidation sites excluding steroid dienone is 2. The summed E-state index contributed by atoms with van der Waals surface area (Å²) in [7, 11) is 3.18. The lowest BCUT2D eigenvalue weighted by Gasteiger charge is -2.43. The zero-order valence-corrected chi connectivity index (χ0v) is 27.5. The van der Waals surface area contributed by atoms with Crippen LogP contribution in [0, 0.1) is 0 Å². The maximum atomic E-state index is 13.1. The summed E-state index contributed by atoms with van der Waals surface area (Å²) in [5.74, 6) is -2.08. The van der Waals surface area contributed by atoms with Crippen LogP contribution in [-0.4, -0.2) is 46.5 Å². The van der Waals surface area contributed by atoms with Crippen molar-refractivity contribution in [3.63, 3.8) is 0 Å². The largest absolute Gasteiger partial charge is 0.492 e. The third-order valence-electron chi connectivity index (χ3n) is 8.77. The second-order valence-corrected chi connectivity index (χ2v) is 12.4. The highest BCUT2D eigenvalue weighted by Gasteiger charge is 2.56. The van der Waals surface area contributed by atoms with Gasteiger partial charge < -0.3 is 23.7 Å². The van der Waals surface area contributed by atoms with Gasteiger partial charge in [0, 0.05) is 38.0 Å². The van der Waals surface area contributed by atoms with Gasteiger partial charge in [-0.15, -0.1) is 0 Å². The second-order valence-electron chi connectivity index (χ2n) is 12.4. The van der Waals surface area contributed by atoms with Crippen LogP contribution in [-0.2, 0) is 14.9 Å². The van der Waals surface area contributed by atoms with E-state index >= 15 is 0 Å². The second kappa shape index (κ2) is 17.9. The fourth-order valence-electron chi connectivity index (χ4n) is 6.01. The fraction of sp³-hybridized carbons (Fsp3) is 0.611. The van der Waals surface area contributed by atoms with Crippen LogP contribution in [0.1, 0.15) is 102 Å². The first kappa shape index (κ1) is 37.6. The predicted molar refractivity (Wildman–Crippen MR) is 169 cm³/mol. The van der Waals surface area contributed by atoms with Crippen molar-refractivity contribution in [3.8, 4) is 17.2 Å². The molecule has 5 nitrogen and oxygen atoms in total. The van der Waals surface area contributed by atoms with Gasteiger partial charge >= 0.3 is 12.1 Å². The molecule has 0 N–H and O–H groups in total. The highest BCUT2D eigenvalue weighted by atomic mass is 19.4. The summed E-state index contributed by atoms with van der Waals surface area (Å²) in [6.07, 6.45) is 3.61. The first-order chi connectivity index (χ1) is 21.9. The zero-order valence-electron chi connectivity index (χ0n) is 27.5. The molecule has 1 heterocycles. The molecule has 2 aromatic carbocycles. The van der Waals surface area contributed by atoms with Gasteiger partial charge in [0.1, 0.15) is 17.2 Å². The zero-order chi connectivity index (χ0) is 33.6. The van der Waals surface area contributed by atoms with E-state index in [2.05, 4.69) is 25.1 Å². The molecule has 1 aliphatic heterocycles. The molecule has 0 spiro atoms. The van der Waals surface area contributed by atoms with Gasteiger partial charge in [0.05, 0.1) is 6.61 Å². The van der Waals surface area contributed by atoms with E-state index in [4.69, 9.17) is 23.7 Å². The Balaban J connectivity index is 1.50. The van der Waals surface area contributed by atoms with Crippen LogP contribution in [0.5, 0.6) is 17.2 Å². The molecule has 0 aromatic heterocycles. The minimum absolute atomic E-state index is 0.167. The Kier molecular flexibility index (Phi) is 14.6. The summed E-state index contributed by atoms with van der Waals surface area (Å²) >= 11 is 0. The first-order valence-electron chi connectivity index (χ1n) is 16.1. The quantitative estimate of drug-likeness (QED) is 0.0614. The Morgan fingerprint density at radius 1 is 0.848 bits per heavy atom. The fourth-order valence-corrected chi connectivity index (χ4v) is 6.01. The number of unbranched alkanes of at least 4 members (excludes halogenated alkanes) is 6. The maximum Gasteiger partial charge on any atom is 0.453 e. The molecule has 0 unspecified atom stereocenters. The lowest BCUT2D eigenvalue weighted by molar-refractivity contribution is -0.284. The van der Waals surface area contributed by atoms with Crippen LogP contribution in [0.15, 0.2) is 54.1 Å². The van der Waals surface area contributed by atoms with Crippen LogP contribution in [0.3, 0.4) is 0 Å². The van der Waals surface area contributed by atoms with Crippen LogP contribution in [0.2, 0.25) is 0 Å². The van der Waals surface area contributed by atoms with Crippen molar-refractivity contribution < 1.29 is 45.6 Å². The van der Waals surface area contributed by atoms with Gasteiger partial charge in [-0.1, -0.05) is 68.9 Å². The summed E-state index contributed by atoms with van der Waals surface area (Å²) in [6, 6.07) is 14.2. The number of methoxy groups -OCH3 is 2. The van der Waals surface area contributed by atoms with Crippen molar-refractivity contribution >= 4 is 0 Å². The normalized spacial score (nSPS) is 18.6. The number of hydrogen-bond donors (Lipinski definition) is 0. The van der Waals surface area contributed by atoms with Crippen LogP contribution in [0.4, 0.5) is 22.0 Å². The summed E-state index contributed by atoms with van der Waals surface area (Å²) in [5.41, 5.74) is 2.98. The molecule has 46 heavy (non-hydrogen) atoms. The number of hydrogen-bond acceptors (Lipinski definition) is 5. The lowest BCUT2D eigenvalue weighted by Crippen LogP contribution is -2.40. The summed E-state index contributed by atoms with van der Waals surface area (Å²) in [6.45, 7) is 4.95. The van der Waals surface area contributed by atoms with E-state index in [1.54, 1.807) is 21.1 Å². The van der Waals surface area contributed by atoms with Crippen LogP contribution in [0.25, 0.3) is 0 Å². The monoisotopic (exact) mass is 656 g/mol. The first-order valence-corrected chi connectivity index (χ1v) is 16.1. The smallest absolute Gasteiger partial charge is 0.453 e. The van der Waals surface area contributed by atoms with Crippen LogP contribution < -0.4 is 14.2 Å². The summed E-state index contributed by atoms with van der Waals surface area (Å²) in [5, 5.41) is 0. The molecule has 0 amide bonds. The van der Waals surface area contributed by atoms with Crippen molar-refractivity contribution in [1.29, 1.82) is 0 Å². The molecule has 0 radical (unpaired) electrons. The highest BCUT2D eigenvalue weighted by Crippen LogP contribution is 2.50. The molecule has 2 aromatic rings. The van der Waals surface area contributed by atoms with Crippen molar-refractivity contribution in [2.45, 2.75) is 108 Å². The molecule has 0 bridgehead atoms. The van der Waals surface area contributed by atoms with E-state index in [1.807, 2.05) is 30.3 Å². The van der Waals surface area contributed by atoms with Crippen LogP contribution >= 0.6 is 0 Å². The Bertz CT molecular complexity index is 1210. The number of benzene rings is 2. The molecule has 0 fully saturated rings. The molecule has 10 heteroatoms. The number of alkyl halides is 5. The molecule has 1 aliphatic rings. The molecule has 0 saturated carbocycles. The van der Waals surface area contributed by atoms with Crippen molar-refractivity contribution in [2.75, 3.05) is 34.4 Å². The van der Waals surface area contributed by atoms with Gasteiger partial charge in [-0.05, 0) is 68.4 Å². The number of ether oxygens (including phenoxy) is 5. The molecule has 258 valence electrons. The van der Waals surface area contributed by atoms with Gasteiger partial charge in [0.2, 0.25) is 0 Å². The predicted octanol–water partition coefficient (Wildman–Crippen LogP) is 10.5. The van der Waals surface area contributed by atoms with Gasteiger partial charge in [0.25, 0.3) is 0 Å². The molecular weight excluding hydrogens is 607 g/mol. The van der Waals surface area contributed by atoms with Crippen molar-refractivity contribution in [2.24, 2.45) is 0 Å². The van der Waals surface area contributed by atoms with E-state index in [9.17, 15) is 22.0 Å². The molecule has 2 atom stereocenters. The van der Waals surface area contributed by atoms with Gasteiger partial charge in [-0.25, -0.2) is 0 Å². The van der Waals surface area contributed by atoms with Crippen molar-refractivity contribution in [1.82, 2.24) is 0 Å². The minimum atomic E-state index is -5.48. The Morgan fingerprint density at radius 3 is 2.11 bits per heavy atom. The minimum Gasteiger partial charge on any atom is -0.492 e. The average Bonchev–Trinajstić information content (AvgIpc) is 3.02. The summed E-state index contributed by atoms with van der Waals surface area (Å²) < 4.78 is 90.8. The standard InChI is InChI=1S/C36H49F5O5/c1-27(14-12-22-35(37,38)36(39,40)41)13-10-8-6-5-7-9-11-15-32-31-21-20-30(46-26-43-4)23-33(31)44-24-34(32,2)28-16-18-29(19-17-28)45-25-42-3/h13,16-21,23,32H,5-12,14-15,22,24-26H2,1-4H3/b27-13+/t32-,34-/m1/s1. The molecular formula is C36H49F5O5. The van der Waals surface area contributed by atoms with Crippen molar-refractivity contribution in [3.05, 3.63) is 65.2 Å². The highest BCUT2D eigenvalue weighted by molar-refractivity contribution is 5.48. The van der Waals surface area contributed by atoms with Gasteiger partial charge in [0.15, 0.2) is 13.6 Å². The van der Waals surface area contributed by atoms with E-state index in [1.165, 1.54) is 11.1 Å². The van der Waals surface area contributed by atoms with E-state index in [0.29, 0.717) is 12.4 Å². The summed E-state index contributed by atoms with van der Waals surface area (Å²) in [4.78, 5) is 0. The topological polar surface area (TPSA) is 46.2 Å². The average molecular weight is 657 g/mol. The number of rotatable bonds is 20. The van der Waals surface area contributed by atoms with E-state index in [0.717, 1.165) is 68.4 Å². The molecule has 3 rings (SSSR count). The third kappa shape index (κ3) is 10.9. The van der Waals surface area contributed by atoms with E-state index in [-0.39, 0.29) is 37.8 Å². The number of fused-ring (bicyclic) bond motifs is 1. The van der Waals surface area contributed by atoms with Gasteiger partial charge in [-0.3, -0.25) is 0 Å². The third-order valence-corrected chi connectivity index (χ3v) is 8.77. The Hall–Kier alpha value is -2.85. The van der Waals surface area contributed by atoms with E-state index < -0.39 is 18.5 Å². The Morgan fingerprint density at radius 2 is 1.46 bits per heavy atom. The SMILES string of the molecule is COCOc1ccc([C@@]2(C)COc3cc(OCOC)ccc3[C@H]2CCCCCCCC/C=C(\C)CCCC(F)(F)C(F)(F)F)cc1. The molecule has 0 aliphatic carbocycles.